The van der Waals surface area contributed by atoms with Gasteiger partial charge in [0.05, 0.1) is 30.5 Å². The third-order valence-corrected chi connectivity index (χ3v) is 3.28. The van der Waals surface area contributed by atoms with E-state index >= 15 is 0 Å². The number of rotatable bonds is 4. The van der Waals surface area contributed by atoms with Crippen LogP contribution >= 0.6 is 0 Å². The summed E-state index contributed by atoms with van der Waals surface area (Å²) in [5.74, 6) is 0. The first-order valence-corrected chi connectivity index (χ1v) is 7.20. The van der Waals surface area contributed by atoms with E-state index < -0.39 is 29.5 Å². The number of hydrogen-bond acceptors (Lipinski definition) is 5. The first-order valence-electron chi connectivity index (χ1n) is 7.20. The van der Waals surface area contributed by atoms with E-state index in [1.54, 1.807) is 6.92 Å². The Kier molecular flexibility index (Phi) is 5.26. The van der Waals surface area contributed by atoms with Crippen molar-refractivity contribution in [3.8, 4) is 0 Å². The minimum Gasteiger partial charge on any atom is -0.393 e. The van der Waals surface area contributed by atoms with Crippen molar-refractivity contribution < 1.29 is 24.4 Å². The standard InChI is InChI=1S/C15H30O5/c1-10-12(17)15(9-16,20-14(5,6)7)11(19-10)8-18-13(2,3)4/h10-12,16-17H,8-9H2,1-7H3/t10-,11+,12?,15+/m0/s1. The van der Waals surface area contributed by atoms with Gasteiger partial charge >= 0.3 is 0 Å². The van der Waals surface area contributed by atoms with Crippen molar-refractivity contribution in [2.45, 2.75) is 83.6 Å². The van der Waals surface area contributed by atoms with Crippen LogP contribution in [0.15, 0.2) is 0 Å². The van der Waals surface area contributed by atoms with E-state index in [4.69, 9.17) is 14.2 Å². The van der Waals surface area contributed by atoms with Gasteiger partial charge in [-0.1, -0.05) is 0 Å². The molecule has 1 rings (SSSR count). The molecule has 0 aliphatic carbocycles. The average molecular weight is 290 g/mol. The fraction of sp³-hybridized carbons (Fsp3) is 1.00. The molecule has 0 bridgehead atoms. The summed E-state index contributed by atoms with van der Waals surface area (Å²) in [7, 11) is 0. The summed E-state index contributed by atoms with van der Waals surface area (Å²) in [6.07, 6.45) is -1.80. The zero-order valence-corrected chi connectivity index (χ0v) is 13.8. The van der Waals surface area contributed by atoms with Gasteiger partial charge in [-0.25, -0.2) is 0 Å². The Morgan fingerprint density at radius 2 is 1.65 bits per heavy atom. The van der Waals surface area contributed by atoms with Crippen LogP contribution in [-0.4, -0.2) is 58.5 Å². The van der Waals surface area contributed by atoms with Crippen molar-refractivity contribution in [2.24, 2.45) is 0 Å². The highest BCUT2D eigenvalue weighted by atomic mass is 16.6. The molecule has 1 saturated heterocycles. The van der Waals surface area contributed by atoms with Gasteiger partial charge < -0.3 is 24.4 Å². The highest BCUT2D eigenvalue weighted by Gasteiger charge is 2.57. The Morgan fingerprint density at radius 3 is 2.05 bits per heavy atom. The summed E-state index contributed by atoms with van der Waals surface area (Å²) in [6.45, 7) is 13.3. The van der Waals surface area contributed by atoms with Gasteiger partial charge in [0.15, 0.2) is 0 Å². The average Bonchev–Trinajstić information content (AvgIpc) is 2.48. The van der Waals surface area contributed by atoms with Crippen LogP contribution in [0.1, 0.15) is 48.5 Å². The fourth-order valence-corrected chi connectivity index (χ4v) is 2.47. The third kappa shape index (κ3) is 4.15. The van der Waals surface area contributed by atoms with Crippen LogP contribution in [0.3, 0.4) is 0 Å². The molecule has 5 nitrogen and oxygen atoms in total. The lowest BCUT2D eigenvalue weighted by Gasteiger charge is -2.40. The molecule has 1 fully saturated rings. The number of ether oxygens (including phenoxy) is 3. The molecule has 1 aliphatic rings. The van der Waals surface area contributed by atoms with Crippen molar-refractivity contribution in [3.63, 3.8) is 0 Å². The molecule has 0 aromatic heterocycles. The molecule has 1 unspecified atom stereocenters. The molecule has 1 heterocycles. The van der Waals surface area contributed by atoms with Crippen molar-refractivity contribution in [3.05, 3.63) is 0 Å². The SMILES string of the molecule is C[C@@H]1O[C@H](COC(C)(C)C)[C@@](CO)(OC(C)(C)C)C1O. The largest absolute Gasteiger partial charge is 0.393 e. The van der Waals surface area contributed by atoms with Gasteiger partial charge in [0.25, 0.3) is 0 Å². The zero-order valence-electron chi connectivity index (χ0n) is 13.8. The van der Waals surface area contributed by atoms with E-state index in [-0.39, 0.29) is 18.8 Å². The van der Waals surface area contributed by atoms with Crippen LogP contribution in [0, 0.1) is 0 Å². The van der Waals surface area contributed by atoms with Crippen LogP contribution in [0.25, 0.3) is 0 Å². The van der Waals surface area contributed by atoms with Gasteiger partial charge in [0, 0.05) is 0 Å². The number of aliphatic hydroxyl groups is 2. The Balaban J connectivity index is 2.94. The van der Waals surface area contributed by atoms with Crippen LogP contribution in [0.4, 0.5) is 0 Å². The van der Waals surface area contributed by atoms with E-state index in [1.165, 1.54) is 0 Å². The van der Waals surface area contributed by atoms with Crippen LogP contribution < -0.4 is 0 Å². The van der Waals surface area contributed by atoms with Gasteiger partial charge in [-0.3, -0.25) is 0 Å². The number of hydrogen-bond donors (Lipinski definition) is 2. The molecular formula is C15H30O5. The van der Waals surface area contributed by atoms with Crippen molar-refractivity contribution in [1.82, 2.24) is 0 Å². The molecule has 4 atom stereocenters. The second-order valence-electron chi connectivity index (χ2n) is 7.53. The topological polar surface area (TPSA) is 68.2 Å². The molecule has 1 aliphatic heterocycles. The predicted molar refractivity (Wildman–Crippen MR) is 76.7 cm³/mol. The van der Waals surface area contributed by atoms with Crippen molar-refractivity contribution >= 4 is 0 Å². The molecule has 0 aromatic rings. The molecule has 120 valence electrons. The van der Waals surface area contributed by atoms with E-state index in [9.17, 15) is 10.2 Å². The molecule has 5 heteroatoms. The van der Waals surface area contributed by atoms with E-state index in [2.05, 4.69) is 0 Å². The highest BCUT2D eigenvalue weighted by Crippen LogP contribution is 2.38. The Labute approximate surface area is 122 Å². The monoisotopic (exact) mass is 290 g/mol. The Bertz CT molecular complexity index is 317. The normalized spacial score (nSPS) is 35.5. The maximum Gasteiger partial charge on any atom is 0.148 e. The first-order chi connectivity index (χ1) is 8.91. The van der Waals surface area contributed by atoms with E-state index in [0.29, 0.717) is 0 Å². The maximum absolute atomic E-state index is 10.4. The summed E-state index contributed by atoms with van der Waals surface area (Å²) in [5.41, 5.74) is -1.97. The van der Waals surface area contributed by atoms with Crippen LogP contribution in [-0.2, 0) is 14.2 Å². The van der Waals surface area contributed by atoms with E-state index in [1.807, 2.05) is 41.5 Å². The molecule has 0 saturated carbocycles. The van der Waals surface area contributed by atoms with Crippen LogP contribution in [0.2, 0.25) is 0 Å². The summed E-state index contributed by atoms with van der Waals surface area (Å²) in [5, 5.41) is 20.3. The molecular weight excluding hydrogens is 260 g/mol. The van der Waals surface area contributed by atoms with Crippen LogP contribution in [0.5, 0.6) is 0 Å². The maximum atomic E-state index is 10.4. The fourth-order valence-electron chi connectivity index (χ4n) is 2.47. The lowest BCUT2D eigenvalue weighted by Crippen LogP contribution is -2.58. The minimum atomic E-state index is -1.15. The van der Waals surface area contributed by atoms with Gasteiger partial charge in [-0.2, -0.15) is 0 Å². The van der Waals surface area contributed by atoms with Crippen molar-refractivity contribution in [1.29, 1.82) is 0 Å². The lowest BCUT2D eigenvalue weighted by atomic mass is 9.90. The summed E-state index contributed by atoms with van der Waals surface area (Å²) >= 11 is 0. The van der Waals surface area contributed by atoms with E-state index in [0.717, 1.165) is 0 Å². The molecule has 2 N–H and O–H groups in total. The molecule has 0 spiro atoms. The van der Waals surface area contributed by atoms with Crippen molar-refractivity contribution in [2.75, 3.05) is 13.2 Å². The second kappa shape index (κ2) is 5.89. The summed E-state index contributed by atoms with van der Waals surface area (Å²) in [4.78, 5) is 0. The summed E-state index contributed by atoms with van der Waals surface area (Å²) < 4.78 is 17.5. The Morgan fingerprint density at radius 1 is 1.10 bits per heavy atom. The molecule has 0 radical (unpaired) electrons. The number of aliphatic hydroxyl groups excluding tert-OH is 2. The first kappa shape index (κ1) is 17.9. The summed E-state index contributed by atoms with van der Waals surface area (Å²) in [6, 6.07) is 0. The van der Waals surface area contributed by atoms with Gasteiger partial charge in [0.2, 0.25) is 0 Å². The smallest absolute Gasteiger partial charge is 0.148 e. The van der Waals surface area contributed by atoms with Gasteiger partial charge in [0.1, 0.15) is 17.8 Å². The molecule has 0 aromatic carbocycles. The molecule has 20 heavy (non-hydrogen) atoms. The zero-order chi connectivity index (χ0) is 15.8. The van der Waals surface area contributed by atoms with Gasteiger partial charge in [-0.15, -0.1) is 0 Å². The second-order valence-corrected chi connectivity index (χ2v) is 7.53. The highest BCUT2D eigenvalue weighted by molar-refractivity contribution is 5.05. The van der Waals surface area contributed by atoms with Gasteiger partial charge in [-0.05, 0) is 48.5 Å². The lowest BCUT2D eigenvalue weighted by molar-refractivity contribution is -0.216. The predicted octanol–water partition coefficient (Wildman–Crippen LogP) is 1.50. The quantitative estimate of drug-likeness (QED) is 0.821. The molecule has 0 amide bonds. The third-order valence-electron chi connectivity index (χ3n) is 3.28. The minimum absolute atomic E-state index is 0.265. The Hall–Kier alpha value is -0.200.